The van der Waals surface area contributed by atoms with Crippen molar-refractivity contribution in [3.05, 3.63) is 125 Å². The predicted octanol–water partition coefficient (Wildman–Crippen LogP) is 14.5. The number of phenolic OH excluding ortho intramolecular Hbond substituents is 1. The van der Waals surface area contributed by atoms with Gasteiger partial charge < -0.3 is 14.6 Å². The van der Waals surface area contributed by atoms with Gasteiger partial charge in [-0.15, -0.1) is 0 Å². The van der Waals surface area contributed by atoms with Crippen molar-refractivity contribution in [1.82, 2.24) is 0 Å². The van der Waals surface area contributed by atoms with E-state index in [-0.39, 0.29) is 35.0 Å². The van der Waals surface area contributed by atoms with Gasteiger partial charge in [-0.25, -0.2) is 4.79 Å². The van der Waals surface area contributed by atoms with E-state index in [0.717, 1.165) is 64.6 Å². The number of fused-ring (bicyclic) bond motifs is 2. The van der Waals surface area contributed by atoms with Gasteiger partial charge in [0.05, 0.1) is 11.0 Å². The largest absolute Gasteiger partial charge is 0.508 e. The molecular formula is C55H70O5. The van der Waals surface area contributed by atoms with Crippen molar-refractivity contribution in [2.24, 2.45) is 29.1 Å². The maximum atomic E-state index is 12.7. The Balaban J connectivity index is 0.000000168. The van der Waals surface area contributed by atoms with Crippen LogP contribution in [-0.4, -0.2) is 22.6 Å². The third-order valence-corrected chi connectivity index (χ3v) is 14.9. The van der Waals surface area contributed by atoms with Gasteiger partial charge in [0.25, 0.3) is 0 Å². The van der Waals surface area contributed by atoms with Gasteiger partial charge in [-0.3, -0.25) is 4.79 Å². The van der Waals surface area contributed by atoms with Crippen LogP contribution in [0.1, 0.15) is 153 Å². The van der Waals surface area contributed by atoms with E-state index in [9.17, 15) is 9.59 Å². The first kappa shape index (κ1) is 44.9. The lowest BCUT2D eigenvalue weighted by molar-refractivity contribution is -0.218. The smallest absolute Gasteiger partial charge is 0.338 e. The highest BCUT2D eigenvalue weighted by molar-refractivity contribution is 6.02. The molecule has 9 rings (SSSR count). The number of esters is 2. The average molecular weight is 811 g/mol. The molecule has 0 saturated heterocycles. The standard InChI is InChI=1S/C27H26O2.C18H30O2.C10H14O/c1-4-27(2,3)22-15-13-19(14-16-22)26(28)29-18-25-23-11-7-5-9-20(23)17-21-10-6-8-12-24(21)25;1-5-17(3,4)16(19)20-18(6-2)14-8-12-7-13(10-14)11-15(18)9-12;1-3-8(2)9-4-6-10(11)7-5-9/h5-17H,4,18H2,1-3H3;12-15H,5-11H2,1-4H3;4-8,11H,3H2,1-2H3. The summed E-state index contributed by atoms with van der Waals surface area (Å²) < 4.78 is 12.0. The maximum Gasteiger partial charge on any atom is 0.338 e. The molecule has 1 atom stereocenters. The van der Waals surface area contributed by atoms with Gasteiger partial charge in [0, 0.05) is 5.56 Å². The molecule has 0 radical (unpaired) electrons. The van der Waals surface area contributed by atoms with Crippen LogP contribution in [0.3, 0.4) is 0 Å². The minimum atomic E-state index is -0.336. The Bertz CT molecular complexity index is 2130. The van der Waals surface area contributed by atoms with E-state index in [1.165, 1.54) is 43.2 Å². The number of hydrogen-bond donors (Lipinski definition) is 1. The van der Waals surface area contributed by atoms with Gasteiger partial charge in [-0.1, -0.05) is 121 Å². The lowest BCUT2D eigenvalue weighted by Crippen LogP contribution is -2.60. The van der Waals surface area contributed by atoms with Crippen LogP contribution < -0.4 is 0 Å². The van der Waals surface area contributed by atoms with Gasteiger partial charge in [0.15, 0.2) is 0 Å². The summed E-state index contributed by atoms with van der Waals surface area (Å²) in [4.78, 5) is 25.3. The zero-order valence-electron chi connectivity index (χ0n) is 37.9. The molecule has 1 unspecified atom stereocenters. The van der Waals surface area contributed by atoms with E-state index >= 15 is 0 Å². The summed E-state index contributed by atoms with van der Waals surface area (Å²) in [5, 5.41) is 13.6. The molecule has 4 fully saturated rings. The number of ether oxygens (including phenoxy) is 2. The SMILES string of the molecule is CCC(C)(C)C(=O)OC1(CC)C2CC3CC(C2)CC1C3.CCC(C)(C)c1ccc(C(=O)OCc2c3ccccc3cc3ccccc23)cc1.CCC(C)c1ccc(O)cc1. The van der Waals surface area contributed by atoms with Crippen LogP contribution in [0.25, 0.3) is 21.5 Å². The van der Waals surface area contributed by atoms with Crippen molar-refractivity contribution in [2.45, 2.75) is 144 Å². The quantitative estimate of drug-likeness (QED) is 0.106. The topological polar surface area (TPSA) is 72.8 Å². The van der Waals surface area contributed by atoms with Gasteiger partial charge in [-0.05, 0) is 170 Å². The molecule has 0 spiro atoms. The Morgan fingerprint density at radius 2 is 1.25 bits per heavy atom. The third kappa shape index (κ3) is 9.77. The number of benzene rings is 5. The van der Waals surface area contributed by atoms with Crippen LogP contribution in [0.15, 0.2) is 103 Å². The Labute approximate surface area is 360 Å². The lowest BCUT2D eigenvalue weighted by atomic mass is 9.49. The first-order valence-corrected chi connectivity index (χ1v) is 22.8. The van der Waals surface area contributed by atoms with Gasteiger partial charge in [0.1, 0.15) is 18.0 Å². The number of rotatable bonds is 11. The number of phenols is 1. The van der Waals surface area contributed by atoms with Crippen LogP contribution in [0, 0.1) is 29.1 Å². The lowest BCUT2D eigenvalue weighted by Gasteiger charge is -2.60. The van der Waals surface area contributed by atoms with Gasteiger partial charge in [0.2, 0.25) is 0 Å². The van der Waals surface area contributed by atoms with E-state index < -0.39 is 0 Å². The fourth-order valence-corrected chi connectivity index (χ4v) is 10.0. The number of carbonyl (C=O) groups excluding carboxylic acids is 2. The second kappa shape index (κ2) is 19.0. The molecule has 0 aliphatic heterocycles. The Morgan fingerprint density at radius 3 is 1.73 bits per heavy atom. The maximum absolute atomic E-state index is 12.7. The molecule has 0 heterocycles. The number of aromatic hydroxyl groups is 1. The molecule has 5 nitrogen and oxygen atoms in total. The third-order valence-electron chi connectivity index (χ3n) is 14.9. The summed E-state index contributed by atoms with van der Waals surface area (Å²) >= 11 is 0. The Hall–Kier alpha value is -4.64. The van der Waals surface area contributed by atoms with Crippen LogP contribution in [-0.2, 0) is 26.3 Å². The molecule has 4 bridgehead atoms. The summed E-state index contributed by atoms with van der Waals surface area (Å²) in [6, 6.07) is 33.9. The second-order valence-electron chi connectivity index (χ2n) is 19.3. The van der Waals surface area contributed by atoms with Crippen molar-refractivity contribution in [3.8, 4) is 5.75 Å². The first-order chi connectivity index (χ1) is 28.6. The highest BCUT2D eigenvalue weighted by Crippen LogP contribution is 2.61. The molecule has 5 aromatic carbocycles. The summed E-state index contributed by atoms with van der Waals surface area (Å²) in [6.45, 7) is 19.6. The van der Waals surface area contributed by atoms with Gasteiger partial charge in [-0.2, -0.15) is 0 Å². The fourth-order valence-electron chi connectivity index (χ4n) is 10.0. The molecule has 5 aromatic rings. The molecule has 60 heavy (non-hydrogen) atoms. The first-order valence-electron chi connectivity index (χ1n) is 22.8. The van der Waals surface area contributed by atoms with Crippen molar-refractivity contribution in [1.29, 1.82) is 0 Å². The molecule has 5 heteroatoms. The van der Waals surface area contributed by atoms with E-state index in [0.29, 0.717) is 29.1 Å². The van der Waals surface area contributed by atoms with Crippen LogP contribution in [0.5, 0.6) is 5.75 Å². The van der Waals surface area contributed by atoms with Crippen molar-refractivity contribution >= 4 is 33.5 Å². The van der Waals surface area contributed by atoms with Crippen LogP contribution >= 0.6 is 0 Å². The molecule has 4 saturated carbocycles. The highest BCUT2D eigenvalue weighted by atomic mass is 16.6. The van der Waals surface area contributed by atoms with Crippen molar-refractivity contribution in [3.63, 3.8) is 0 Å². The summed E-state index contributed by atoms with van der Waals surface area (Å²) in [7, 11) is 0. The Morgan fingerprint density at radius 1 is 0.717 bits per heavy atom. The zero-order valence-corrected chi connectivity index (χ0v) is 37.9. The summed E-state index contributed by atoms with van der Waals surface area (Å²) in [6.07, 6.45) is 10.7. The van der Waals surface area contributed by atoms with Gasteiger partial charge >= 0.3 is 11.9 Å². The predicted molar refractivity (Wildman–Crippen MR) is 247 cm³/mol. The molecule has 320 valence electrons. The highest BCUT2D eigenvalue weighted by Gasteiger charge is 2.59. The molecule has 0 amide bonds. The molecule has 0 aromatic heterocycles. The minimum absolute atomic E-state index is 0.0364. The average Bonchev–Trinajstić information content (AvgIpc) is 3.26. The second-order valence-corrected chi connectivity index (χ2v) is 19.3. The van der Waals surface area contributed by atoms with Crippen LogP contribution in [0.2, 0.25) is 0 Å². The molecule has 1 N–H and O–H groups in total. The van der Waals surface area contributed by atoms with E-state index in [2.05, 4.69) is 78.8 Å². The summed E-state index contributed by atoms with van der Waals surface area (Å²) in [5.74, 6) is 3.82. The number of hydrogen-bond acceptors (Lipinski definition) is 5. The van der Waals surface area contributed by atoms with Crippen molar-refractivity contribution in [2.75, 3.05) is 0 Å². The monoisotopic (exact) mass is 811 g/mol. The zero-order chi connectivity index (χ0) is 43.2. The van der Waals surface area contributed by atoms with E-state index in [1.807, 2.05) is 74.5 Å². The molecule has 4 aliphatic carbocycles. The number of carbonyl (C=O) groups is 2. The molecule has 4 aliphatic rings. The van der Waals surface area contributed by atoms with E-state index in [1.54, 1.807) is 12.1 Å². The van der Waals surface area contributed by atoms with E-state index in [4.69, 9.17) is 14.6 Å². The molecular weight excluding hydrogens is 741 g/mol. The van der Waals surface area contributed by atoms with Crippen molar-refractivity contribution < 1.29 is 24.2 Å². The summed E-state index contributed by atoms with van der Waals surface area (Å²) in [5.41, 5.74) is 3.81. The van der Waals surface area contributed by atoms with Crippen LogP contribution in [0.4, 0.5) is 0 Å². The Kier molecular flexibility index (Phi) is 14.2. The minimum Gasteiger partial charge on any atom is -0.508 e. The fraction of sp³-hybridized carbons (Fsp3) is 0.491. The normalized spacial score (nSPS) is 22.3.